The molecule has 0 spiro atoms. The number of thiophene rings is 1. The van der Waals surface area contributed by atoms with Crippen LogP contribution in [0.2, 0.25) is 0 Å². The van der Waals surface area contributed by atoms with Gasteiger partial charge < -0.3 is 5.32 Å². The summed E-state index contributed by atoms with van der Waals surface area (Å²) < 4.78 is 28.8. The molecule has 1 aliphatic heterocycles. The fourth-order valence-corrected chi connectivity index (χ4v) is 7.04. The molecule has 3 rings (SSSR count). The molecule has 0 aliphatic carbocycles. The Bertz CT molecular complexity index is 734. The first kappa shape index (κ1) is 15.3. The van der Waals surface area contributed by atoms with Crippen LogP contribution in [0.15, 0.2) is 29.2 Å². The molecule has 21 heavy (non-hydrogen) atoms. The van der Waals surface area contributed by atoms with Gasteiger partial charge in [0.1, 0.15) is 4.90 Å². The first-order valence-electron chi connectivity index (χ1n) is 6.87. The summed E-state index contributed by atoms with van der Waals surface area (Å²) in [6.45, 7) is 1.79. The first-order valence-corrected chi connectivity index (χ1v) is 10.3. The maximum absolute atomic E-state index is 13.1. The van der Waals surface area contributed by atoms with Crippen molar-refractivity contribution in [2.24, 2.45) is 0 Å². The number of nitrogens with zero attached hydrogens (tertiary/aromatic N) is 1. The first-order chi connectivity index (χ1) is 10.1. The number of sulfonamides is 1. The van der Waals surface area contributed by atoms with E-state index in [4.69, 9.17) is 0 Å². The molecule has 4 nitrogen and oxygen atoms in total. The minimum Gasteiger partial charge on any atom is -0.315 e. The molecule has 1 aromatic carbocycles. The van der Waals surface area contributed by atoms with Crippen molar-refractivity contribution in [1.82, 2.24) is 9.62 Å². The Morgan fingerprint density at radius 3 is 2.67 bits per heavy atom. The van der Waals surface area contributed by atoms with E-state index in [1.807, 2.05) is 43.1 Å². The highest BCUT2D eigenvalue weighted by atomic mass is 32.2. The lowest BCUT2D eigenvalue weighted by Gasteiger charge is -2.26. The van der Waals surface area contributed by atoms with Gasteiger partial charge in [-0.15, -0.1) is 11.3 Å². The van der Waals surface area contributed by atoms with Gasteiger partial charge in [-0.3, -0.25) is 0 Å². The van der Waals surface area contributed by atoms with E-state index >= 15 is 0 Å². The van der Waals surface area contributed by atoms with Crippen molar-refractivity contribution in [3.05, 3.63) is 29.1 Å². The predicted octanol–water partition coefficient (Wildman–Crippen LogP) is 2.36. The second-order valence-corrected chi connectivity index (χ2v) is 9.13. The molecule has 2 aromatic rings. The molecule has 2 heterocycles. The van der Waals surface area contributed by atoms with Crippen molar-refractivity contribution in [1.29, 1.82) is 0 Å². The van der Waals surface area contributed by atoms with Crippen LogP contribution in [0.25, 0.3) is 10.1 Å². The van der Waals surface area contributed by atoms with E-state index in [1.165, 1.54) is 0 Å². The van der Waals surface area contributed by atoms with Crippen LogP contribution in [0.1, 0.15) is 4.88 Å². The molecule has 1 saturated heterocycles. The largest absolute Gasteiger partial charge is 0.315 e. The summed E-state index contributed by atoms with van der Waals surface area (Å²) in [5.41, 5.74) is 0. The van der Waals surface area contributed by atoms with E-state index in [9.17, 15) is 8.42 Å². The summed E-state index contributed by atoms with van der Waals surface area (Å²) in [5, 5.41) is 3.94. The molecule has 114 valence electrons. The average molecular weight is 343 g/mol. The Morgan fingerprint density at radius 1 is 1.24 bits per heavy atom. The second kappa shape index (κ2) is 6.26. The molecule has 7 heteroatoms. The van der Waals surface area contributed by atoms with Gasteiger partial charge in [0.2, 0.25) is 10.0 Å². The molecular weight excluding hydrogens is 324 g/mol. The third-order valence-corrected chi connectivity index (χ3v) is 7.79. The molecule has 1 fully saturated rings. The number of fused-ring (bicyclic) bond motifs is 1. The lowest BCUT2D eigenvalue weighted by molar-refractivity contribution is 0.443. The number of hydrogen-bond donors (Lipinski definition) is 1. The molecule has 1 aromatic heterocycles. The minimum absolute atomic E-state index is 0.504. The quantitative estimate of drug-likeness (QED) is 0.927. The van der Waals surface area contributed by atoms with E-state index in [2.05, 4.69) is 5.32 Å². The van der Waals surface area contributed by atoms with Crippen molar-refractivity contribution >= 4 is 43.2 Å². The topological polar surface area (TPSA) is 49.4 Å². The van der Waals surface area contributed by atoms with Crippen molar-refractivity contribution in [3.63, 3.8) is 0 Å². The zero-order valence-corrected chi connectivity index (χ0v) is 14.3. The number of hydrogen-bond acceptors (Lipinski definition) is 5. The van der Waals surface area contributed by atoms with Crippen LogP contribution in [0.4, 0.5) is 0 Å². The molecular formula is C14H18N2O2S3. The van der Waals surface area contributed by atoms with Crippen LogP contribution < -0.4 is 5.32 Å². The van der Waals surface area contributed by atoms with Gasteiger partial charge in [0.15, 0.2) is 0 Å². The lowest BCUT2D eigenvalue weighted by Crippen LogP contribution is -2.38. The van der Waals surface area contributed by atoms with Crippen LogP contribution in [0.3, 0.4) is 0 Å². The molecule has 0 unspecified atom stereocenters. The van der Waals surface area contributed by atoms with Gasteiger partial charge in [0.25, 0.3) is 0 Å². The number of benzene rings is 1. The van der Waals surface area contributed by atoms with Crippen molar-refractivity contribution in [2.75, 3.05) is 31.6 Å². The molecule has 1 N–H and O–H groups in total. The van der Waals surface area contributed by atoms with Crippen molar-refractivity contribution in [2.45, 2.75) is 11.4 Å². The Kier molecular flexibility index (Phi) is 4.56. The minimum atomic E-state index is -3.41. The Labute approximate surface area is 133 Å². The average Bonchev–Trinajstić information content (AvgIpc) is 2.87. The van der Waals surface area contributed by atoms with Gasteiger partial charge >= 0.3 is 0 Å². The van der Waals surface area contributed by atoms with E-state index < -0.39 is 10.0 Å². The highest BCUT2D eigenvalue weighted by Gasteiger charge is 2.31. The smallest absolute Gasteiger partial charge is 0.244 e. The van der Waals surface area contributed by atoms with Gasteiger partial charge in [-0.05, 0) is 13.1 Å². The van der Waals surface area contributed by atoms with Crippen LogP contribution in [-0.4, -0.2) is 44.4 Å². The van der Waals surface area contributed by atoms with Crippen LogP contribution >= 0.6 is 23.1 Å². The highest BCUT2D eigenvalue weighted by Crippen LogP contribution is 2.36. The maximum Gasteiger partial charge on any atom is 0.244 e. The van der Waals surface area contributed by atoms with Gasteiger partial charge in [-0.2, -0.15) is 16.1 Å². The lowest BCUT2D eigenvalue weighted by atomic mass is 10.2. The molecule has 0 amide bonds. The van der Waals surface area contributed by atoms with Crippen LogP contribution in [-0.2, 0) is 16.6 Å². The van der Waals surface area contributed by atoms with Gasteiger partial charge in [-0.1, -0.05) is 18.2 Å². The number of thioether (sulfide) groups is 1. The number of rotatable bonds is 4. The predicted molar refractivity (Wildman–Crippen MR) is 90.7 cm³/mol. The molecule has 0 bridgehead atoms. The summed E-state index contributed by atoms with van der Waals surface area (Å²) in [6, 6.07) is 7.76. The summed E-state index contributed by atoms with van der Waals surface area (Å²) in [5.74, 6) is 1.76. The van der Waals surface area contributed by atoms with E-state index in [0.717, 1.165) is 26.5 Å². The summed E-state index contributed by atoms with van der Waals surface area (Å²) in [4.78, 5) is 1.40. The Hall–Kier alpha value is -0.600. The molecule has 1 aliphatic rings. The van der Waals surface area contributed by atoms with E-state index in [0.29, 0.717) is 24.5 Å². The van der Waals surface area contributed by atoms with Crippen LogP contribution in [0.5, 0.6) is 0 Å². The summed E-state index contributed by atoms with van der Waals surface area (Å²) >= 11 is 3.38. The van der Waals surface area contributed by atoms with Crippen LogP contribution in [0, 0.1) is 0 Å². The fraction of sp³-hybridized carbons (Fsp3) is 0.429. The summed E-state index contributed by atoms with van der Waals surface area (Å²) in [7, 11) is -1.56. The van der Waals surface area contributed by atoms with E-state index in [-0.39, 0.29) is 0 Å². The van der Waals surface area contributed by atoms with Gasteiger partial charge in [0, 0.05) is 46.1 Å². The SMILES string of the molecule is CNCc1sc2ccccc2c1S(=O)(=O)N1CCSCC1. The fourth-order valence-electron chi connectivity index (χ4n) is 2.55. The zero-order valence-electron chi connectivity index (χ0n) is 11.8. The monoisotopic (exact) mass is 342 g/mol. The van der Waals surface area contributed by atoms with Gasteiger partial charge in [0.05, 0.1) is 0 Å². The third-order valence-electron chi connectivity index (χ3n) is 3.52. The second-order valence-electron chi connectivity index (χ2n) is 4.90. The summed E-state index contributed by atoms with van der Waals surface area (Å²) in [6.07, 6.45) is 0. The maximum atomic E-state index is 13.1. The Balaban J connectivity index is 2.15. The van der Waals surface area contributed by atoms with Crippen molar-refractivity contribution < 1.29 is 8.42 Å². The Morgan fingerprint density at radius 2 is 1.95 bits per heavy atom. The zero-order chi connectivity index (χ0) is 14.9. The van der Waals surface area contributed by atoms with Gasteiger partial charge in [-0.25, -0.2) is 8.42 Å². The highest BCUT2D eigenvalue weighted by molar-refractivity contribution is 7.99. The van der Waals surface area contributed by atoms with E-state index in [1.54, 1.807) is 15.6 Å². The van der Waals surface area contributed by atoms with Crippen molar-refractivity contribution in [3.8, 4) is 0 Å². The third kappa shape index (κ3) is 2.85. The number of nitrogens with one attached hydrogen (secondary N) is 1. The standard InChI is InChI=1S/C14H18N2O2S3/c1-15-10-13-14(11-4-2-3-5-12(11)20-13)21(17,18)16-6-8-19-9-7-16/h2-5,15H,6-10H2,1H3. The molecule has 0 saturated carbocycles. The normalized spacial score (nSPS) is 17.4. The molecule has 0 radical (unpaired) electrons. The molecule has 0 atom stereocenters.